The molecule has 5 heteroatoms. The van der Waals surface area contributed by atoms with Gasteiger partial charge in [-0.2, -0.15) is 0 Å². The van der Waals surface area contributed by atoms with E-state index in [-0.39, 0.29) is 17.5 Å². The van der Waals surface area contributed by atoms with Gasteiger partial charge >= 0.3 is 11.9 Å². The molecule has 0 aromatic heterocycles. The predicted molar refractivity (Wildman–Crippen MR) is 194 cm³/mol. The molecule has 0 spiro atoms. The van der Waals surface area contributed by atoms with Gasteiger partial charge < -0.3 is 14.2 Å². The minimum absolute atomic E-state index is 0.180. The first kappa shape index (κ1) is 42.0. The van der Waals surface area contributed by atoms with E-state index < -0.39 is 10.8 Å². The van der Waals surface area contributed by atoms with E-state index in [1.165, 1.54) is 58.5 Å². The lowest BCUT2D eigenvalue weighted by Gasteiger charge is -2.38. The van der Waals surface area contributed by atoms with Crippen molar-refractivity contribution in [2.75, 3.05) is 7.11 Å². The van der Waals surface area contributed by atoms with Crippen molar-refractivity contribution >= 4 is 11.9 Å². The summed E-state index contributed by atoms with van der Waals surface area (Å²) in [5, 5.41) is 0. The highest BCUT2D eigenvalue weighted by molar-refractivity contribution is 5.82. The molecule has 1 heterocycles. The third-order valence-electron chi connectivity index (χ3n) is 10.2. The van der Waals surface area contributed by atoms with Crippen LogP contribution >= 0.6 is 0 Å². The molecule has 0 saturated carbocycles. The number of rotatable bonds is 17. The van der Waals surface area contributed by atoms with Crippen LogP contribution < -0.4 is 9.47 Å². The Balaban J connectivity index is 0.00000518. The Morgan fingerprint density at radius 3 is 1.80 bits per heavy atom. The molecule has 5 nitrogen and oxygen atoms in total. The lowest BCUT2D eigenvalue weighted by atomic mass is 9.75. The van der Waals surface area contributed by atoms with Crippen molar-refractivity contribution in [3.05, 3.63) is 22.3 Å². The van der Waals surface area contributed by atoms with E-state index >= 15 is 0 Å². The van der Waals surface area contributed by atoms with Gasteiger partial charge in [0.2, 0.25) is 0 Å². The summed E-state index contributed by atoms with van der Waals surface area (Å²) in [6, 6.07) is 0. The largest absolute Gasteiger partial charge is 0.487 e. The summed E-state index contributed by atoms with van der Waals surface area (Å²) in [4.78, 5) is 25.7. The second-order valence-electron chi connectivity index (χ2n) is 16.2. The van der Waals surface area contributed by atoms with Gasteiger partial charge in [0.25, 0.3) is 0 Å². The number of methoxy groups -OCH3 is 1. The predicted octanol–water partition coefficient (Wildman–Crippen LogP) is 11.7. The number of ether oxygens (including phenoxy) is 3. The standard InChI is InChI=1S/C39H66O5.C2H6/c1-26(2)17-14-18-27(3)19-15-20-28(4)21-16-23-39(12)24-22-32-31(7)33(29(5)30(6)34(32)44-39)43-36(41)38(10,11)25-37(8,9)35(40)42-13;1-2/h26-28H,14-25H2,1-13H3;1-2H3/t27-,28?,39-;/m1./s1. The highest BCUT2D eigenvalue weighted by Gasteiger charge is 2.42. The van der Waals surface area contributed by atoms with E-state index in [4.69, 9.17) is 14.2 Å². The van der Waals surface area contributed by atoms with Crippen LogP contribution in [0.25, 0.3) is 0 Å². The first-order valence-corrected chi connectivity index (χ1v) is 18.5. The summed E-state index contributed by atoms with van der Waals surface area (Å²) in [6.45, 7) is 29.2. The molecule has 266 valence electrons. The van der Waals surface area contributed by atoms with Gasteiger partial charge in [0.05, 0.1) is 17.9 Å². The Bertz CT molecular complexity index is 1110. The number of carbonyl (C=O) groups excluding carboxylic acids is 2. The molecule has 0 fully saturated rings. The summed E-state index contributed by atoms with van der Waals surface area (Å²) < 4.78 is 17.9. The lowest BCUT2D eigenvalue weighted by Crippen LogP contribution is -2.38. The highest BCUT2D eigenvalue weighted by Crippen LogP contribution is 2.46. The Kier molecular flexibility index (Phi) is 16.9. The normalized spacial score (nSPS) is 17.7. The zero-order valence-electron chi connectivity index (χ0n) is 32.8. The maximum absolute atomic E-state index is 13.4. The van der Waals surface area contributed by atoms with Gasteiger partial charge in [-0.1, -0.05) is 86.5 Å². The molecule has 46 heavy (non-hydrogen) atoms. The fourth-order valence-electron chi connectivity index (χ4n) is 7.17. The van der Waals surface area contributed by atoms with E-state index in [1.54, 1.807) is 13.8 Å². The molecule has 0 aliphatic carbocycles. The third kappa shape index (κ3) is 12.2. The topological polar surface area (TPSA) is 61.8 Å². The van der Waals surface area contributed by atoms with Crippen molar-refractivity contribution in [1.29, 1.82) is 0 Å². The second kappa shape index (κ2) is 18.5. The van der Waals surface area contributed by atoms with E-state index in [0.717, 1.165) is 65.0 Å². The van der Waals surface area contributed by atoms with Crippen molar-refractivity contribution in [2.24, 2.45) is 28.6 Å². The van der Waals surface area contributed by atoms with Gasteiger partial charge in [-0.05, 0) is 122 Å². The van der Waals surface area contributed by atoms with Crippen LogP contribution in [0, 0.1) is 49.4 Å². The average molecular weight is 645 g/mol. The molecular weight excluding hydrogens is 572 g/mol. The third-order valence-corrected chi connectivity index (χ3v) is 10.2. The zero-order valence-corrected chi connectivity index (χ0v) is 32.8. The molecule has 0 saturated heterocycles. The summed E-state index contributed by atoms with van der Waals surface area (Å²) in [5.74, 6) is 3.36. The molecule has 0 bridgehead atoms. The average Bonchev–Trinajstić information content (AvgIpc) is 2.97. The van der Waals surface area contributed by atoms with Crippen molar-refractivity contribution in [3.63, 3.8) is 0 Å². The number of fused-ring (bicyclic) bond motifs is 1. The van der Waals surface area contributed by atoms with Gasteiger partial charge in [0.15, 0.2) is 0 Å². The Morgan fingerprint density at radius 1 is 0.783 bits per heavy atom. The minimum atomic E-state index is -0.863. The number of esters is 2. The molecular formula is C41H72O5. The molecule has 0 radical (unpaired) electrons. The highest BCUT2D eigenvalue weighted by atomic mass is 16.5. The zero-order chi connectivity index (χ0) is 35.5. The van der Waals surface area contributed by atoms with Gasteiger partial charge in [0.1, 0.15) is 17.1 Å². The van der Waals surface area contributed by atoms with Gasteiger partial charge in [0, 0.05) is 5.56 Å². The van der Waals surface area contributed by atoms with Crippen molar-refractivity contribution in [1.82, 2.24) is 0 Å². The maximum Gasteiger partial charge on any atom is 0.316 e. The summed E-state index contributed by atoms with van der Waals surface area (Å²) in [6.07, 6.45) is 13.8. The quantitative estimate of drug-likeness (QED) is 0.125. The molecule has 1 aromatic rings. The molecule has 1 aliphatic rings. The first-order chi connectivity index (χ1) is 21.3. The maximum atomic E-state index is 13.4. The van der Waals surface area contributed by atoms with Crippen LogP contribution in [0.3, 0.4) is 0 Å². The number of hydrogen-bond donors (Lipinski definition) is 0. The van der Waals surface area contributed by atoms with Crippen LogP contribution in [0.1, 0.15) is 169 Å². The first-order valence-electron chi connectivity index (χ1n) is 18.5. The Hall–Kier alpha value is -2.04. The molecule has 1 unspecified atom stereocenters. The van der Waals surface area contributed by atoms with Crippen LogP contribution in [-0.2, 0) is 20.7 Å². The fourth-order valence-corrected chi connectivity index (χ4v) is 7.17. The summed E-state index contributed by atoms with van der Waals surface area (Å²) in [5.41, 5.74) is 2.27. The van der Waals surface area contributed by atoms with Crippen LogP contribution in [0.15, 0.2) is 0 Å². The van der Waals surface area contributed by atoms with Crippen LogP contribution in [0.2, 0.25) is 0 Å². The molecule has 2 rings (SSSR count). The summed E-state index contributed by atoms with van der Waals surface area (Å²) in [7, 11) is 1.38. The van der Waals surface area contributed by atoms with Crippen molar-refractivity contribution < 1.29 is 23.8 Å². The van der Waals surface area contributed by atoms with E-state index in [2.05, 4.69) is 41.5 Å². The molecule has 0 N–H and O–H groups in total. The van der Waals surface area contributed by atoms with Gasteiger partial charge in [-0.3, -0.25) is 9.59 Å². The monoisotopic (exact) mass is 645 g/mol. The van der Waals surface area contributed by atoms with Crippen LogP contribution in [-0.4, -0.2) is 24.6 Å². The second-order valence-corrected chi connectivity index (χ2v) is 16.2. The number of hydrogen-bond acceptors (Lipinski definition) is 5. The van der Waals surface area contributed by atoms with Crippen LogP contribution in [0.5, 0.6) is 11.5 Å². The fraction of sp³-hybridized carbons (Fsp3) is 0.805. The van der Waals surface area contributed by atoms with Crippen molar-refractivity contribution in [2.45, 2.75) is 180 Å². The number of benzene rings is 1. The summed E-state index contributed by atoms with van der Waals surface area (Å²) >= 11 is 0. The van der Waals surface area contributed by atoms with E-state index in [1.807, 2.05) is 41.5 Å². The van der Waals surface area contributed by atoms with Gasteiger partial charge in [-0.25, -0.2) is 0 Å². The van der Waals surface area contributed by atoms with Gasteiger partial charge in [-0.15, -0.1) is 0 Å². The minimum Gasteiger partial charge on any atom is -0.487 e. The van der Waals surface area contributed by atoms with E-state index in [0.29, 0.717) is 12.2 Å². The Morgan fingerprint density at radius 2 is 1.28 bits per heavy atom. The van der Waals surface area contributed by atoms with E-state index in [9.17, 15) is 9.59 Å². The molecule has 1 aliphatic heterocycles. The molecule has 3 atom stereocenters. The molecule has 1 aromatic carbocycles. The van der Waals surface area contributed by atoms with Crippen LogP contribution in [0.4, 0.5) is 0 Å². The SMILES string of the molecule is CC.COC(=O)C(C)(C)CC(C)(C)C(=O)Oc1c(C)c(C)c2c(c1C)CC[C@@](C)(CCCC(C)CCC[C@H](C)CCCC(C)C)O2. The smallest absolute Gasteiger partial charge is 0.316 e. The molecule has 0 amide bonds. The lowest BCUT2D eigenvalue weighted by molar-refractivity contribution is -0.155. The number of carbonyl (C=O) groups is 2. The van der Waals surface area contributed by atoms with Crippen molar-refractivity contribution in [3.8, 4) is 11.5 Å². The Labute approximate surface area is 284 Å².